The lowest BCUT2D eigenvalue weighted by atomic mass is 10.0. The van der Waals surface area contributed by atoms with E-state index in [1.807, 2.05) is 0 Å². The summed E-state index contributed by atoms with van der Waals surface area (Å²) in [6, 6.07) is 4.39. The molecule has 1 aliphatic rings. The summed E-state index contributed by atoms with van der Waals surface area (Å²) in [6.45, 7) is 4.28. The molecule has 0 radical (unpaired) electrons. The molecule has 1 nitrogen and oxygen atoms in total. The van der Waals surface area contributed by atoms with Crippen molar-refractivity contribution in [1.82, 2.24) is 0 Å². The Hall–Kier alpha value is -0.250. The van der Waals surface area contributed by atoms with Crippen LogP contribution >= 0.6 is 22.6 Å². The molecule has 0 bridgehead atoms. The van der Waals surface area contributed by atoms with E-state index in [-0.39, 0.29) is 0 Å². The molecule has 1 aromatic rings. The van der Waals surface area contributed by atoms with Gasteiger partial charge in [0.15, 0.2) is 0 Å². The van der Waals surface area contributed by atoms with E-state index in [4.69, 9.17) is 4.74 Å². The van der Waals surface area contributed by atoms with Gasteiger partial charge in [-0.25, -0.2) is 0 Å². The van der Waals surface area contributed by atoms with Crippen molar-refractivity contribution in [2.45, 2.75) is 26.4 Å². The van der Waals surface area contributed by atoms with E-state index in [0.29, 0.717) is 6.10 Å². The molecule has 2 rings (SSSR count). The predicted molar refractivity (Wildman–Crippen MR) is 62.9 cm³/mol. The molecule has 0 spiro atoms. The summed E-state index contributed by atoms with van der Waals surface area (Å²) < 4.78 is 6.93. The quantitative estimate of drug-likeness (QED) is 0.570. The van der Waals surface area contributed by atoms with Crippen molar-refractivity contribution in [3.05, 3.63) is 28.8 Å². The summed E-state index contributed by atoms with van der Waals surface area (Å²) in [5.41, 5.74) is 4.02. The number of aryl methyl sites for hydroxylation is 1. The number of alkyl halides is 1. The molecule has 13 heavy (non-hydrogen) atoms. The lowest BCUT2D eigenvalue weighted by Gasteiger charge is -2.08. The van der Waals surface area contributed by atoms with Crippen LogP contribution in [-0.4, -0.2) is 10.5 Å². The highest BCUT2D eigenvalue weighted by molar-refractivity contribution is 14.1. The van der Waals surface area contributed by atoms with Crippen molar-refractivity contribution < 1.29 is 4.74 Å². The second kappa shape index (κ2) is 3.48. The fourth-order valence-electron chi connectivity index (χ4n) is 1.71. The molecule has 0 saturated carbocycles. The lowest BCUT2D eigenvalue weighted by Crippen LogP contribution is -2.13. The zero-order chi connectivity index (χ0) is 9.42. The molecule has 0 amide bonds. The first kappa shape index (κ1) is 9.31. The number of rotatable bonds is 1. The minimum absolute atomic E-state index is 0.399. The molecule has 2 heteroatoms. The van der Waals surface area contributed by atoms with Gasteiger partial charge in [-0.05, 0) is 30.5 Å². The molecule has 1 heterocycles. The fourth-order valence-corrected chi connectivity index (χ4v) is 2.20. The highest BCUT2D eigenvalue weighted by Crippen LogP contribution is 2.34. The van der Waals surface area contributed by atoms with Gasteiger partial charge in [0, 0.05) is 10.8 Å². The third kappa shape index (κ3) is 1.56. The second-order valence-electron chi connectivity index (χ2n) is 3.59. The van der Waals surface area contributed by atoms with Crippen molar-refractivity contribution >= 4 is 22.6 Å². The summed E-state index contributed by atoms with van der Waals surface area (Å²) in [4.78, 5) is 0. The average molecular weight is 288 g/mol. The number of benzene rings is 1. The summed E-state index contributed by atoms with van der Waals surface area (Å²) >= 11 is 2.38. The van der Waals surface area contributed by atoms with Gasteiger partial charge in [-0.1, -0.05) is 34.7 Å². The minimum Gasteiger partial charge on any atom is -0.489 e. The highest BCUT2D eigenvalue weighted by atomic mass is 127. The van der Waals surface area contributed by atoms with Gasteiger partial charge in [-0.15, -0.1) is 0 Å². The zero-order valence-electron chi connectivity index (χ0n) is 7.93. The van der Waals surface area contributed by atoms with Crippen molar-refractivity contribution in [1.29, 1.82) is 0 Å². The van der Waals surface area contributed by atoms with Crippen LogP contribution in [0.5, 0.6) is 5.75 Å². The Labute approximate surface area is 92.6 Å². The minimum atomic E-state index is 0.399. The summed E-state index contributed by atoms with van der Waals surface area (Å²) in [5.74, 6) is 1.14. The van der Waals surface area contributed by atoms with Gasteiger partial charge in [0.1, 0.15) is 11.9 Å². The van der Waals surface area contributed by atoms with E-state index in [1.165, 1.54) is 16.7 Å². The molecule has 1 atom stereocenters. The molecular formula is C11H13IO. The van der Waals surface area contributed by atoms with Gasteiger partial charge >= 0.3 is 0 Å². The Morgan fingerprint density at radius 3 is 2.92 bits per heavy atom. The molecule has 0 saturated heterocycles. The van der Waals surface area contributed by atoms with Gasteiger partial charge in [-0.2, -0.15) is 0 Å². The standard InChI is InChI=1S/C11H13IO/c1-7-3-4-9-5-10(6-12)13-11(9)8(7)2/h3-4,10H,5-6H2,1-2H3/t10-/m1/s1. The Balaban J connectivity index is 2.40. The van der Waals surface area contributed by atoms with Crippen LogP contribution in [0, 0.1) is 13.8 Å². The van der Waals surface area contributed by atoms with Gasteiger partial charge in [0.2, 0.25) is 0 Å². The van der Waals surface area contributed by atoms with Crippen LogP contribution in [0.4, 0.5) is 0 Å². The normalized spacial score (nSPS) is 19.8. The van der Waals surface area contributed by atoms with E-state index in [2.05, 4.69) is 48.6 Å². The molecule has 1 aliphatic heterocycles. The molecule has 0 N–H and O–H groups in total. The van der Waals surface area contributed by atoms with E-state index < -0.39 is 0 Å². The average Bonchev–Trinajstić information content (AvgIpc) is 2.55. The first-order valence-electron chi connectivity index (χ1n) is 4.54. The van der Waals surface area contributed by atoms with E-state index >= 15 is 0 Å². The van der Waals surface area contributed by atoms with Crippen molar-refractivity contribution in [2.24, 2.45) is 0 Å². The van der Waals surface area contributed by atoms with Crippen molar-refractivity contribution in [2.75, 3.05) is 4.43 Å². The first-order chi connectivity index (χ1) is 6.22. The third-order valence-electron chi connectivity index (χ3n) is 2.66. The Bertz CT molecular complexity index is 333. The largest absolute Gasteiger partial charge is 0.489 e. The molecule has 0 fully saturated rings. The summed E-state index contributed by atoms with van der Waals surface area (Å²) in [7, 11) is 0. The van der Waals surface area contributed by atoms with E-state index in [0.717, 1.165) is 16.6 Å². The number of hydrogen-bond acceptors (Lipinski definition) is 1. The van der Waals surface area contributed by atoms with E-state index in [9.17, 15) is 0 Å². The molecule has 0 unspecified atom stereocenters. The Morgan fingerprint density at radius 1 is 1.46 bits per heavy atom. The number of fused-ring (bicyclic) bond motifs is 1. The highest BCUT2D eigenvalue weighted by Gasteiger charge is 2.23. The molecule has 70 valence electrons. The SMILES string of the molecule is Cc1ccc2c(c1C)O[C@@H](CI)C2. The second-order valence-corrected chi connectivity index (χ2v) is 4.47. The van der Waals surface area contributed by atoms with Gasteiger partial charge in [0.25, 0.3) is 0 Å². The predicted octanol–water partition coefficient (Wildman–Crippen LogP) is 3.04. The van der Waals surface area contributed by atoms with Gasteiger partial charge in [-0.3, -0.25) is 0 Å². The molecule has 1 aromatic carbocycles. The summed E-state index contributed by atoms with van der Waals surface area (Å²) in [5, 5.41) is 0. The van der Waals surface area contributed by atoms with Crippen molar-refractivity contribution in [3.8, 4) is 5.75 Å². The van der Waals surface area contributed by atoms with Crippen LogP contribution in [0.1, 0.15) is 16.7 Å². The van der Waals surface area contributed by atoms with Crippen LogP contribution in [0.25, 0.3) is 0 Å². The fraction of sp³-hybridized carbons (Fsp3) is 0.455. The van der Waals surface area contributed by atoms with Gasteiger partial charge in [0.05, 0.1) is 0 Å². The maximum atomic E-state index is 5.86. The van der Waals surface area contributed by atoms with Crippen LogP contribution in [0.15, 0.2) is 12.1 Å². The van der Waals surface area contributed by atoms with Crippen LogP contribution < -0.4 is 4.74 Å². The summed E-state index contributed by atoms with van der Waals surface area (Å²) in [6.07, 6.45) is 1.48. The van der Waals surface area contributed by atoms with E-state index in [1.54, 1.807) is 0 Å². The van der Waals surface area contributed by atoms with Crippen LogP contribution in [0.3, 0.4) is 0 Å². The molecule has 0 aromatic heterocycles. The molecular weight excluding hydrogens is 275 g/mol. The monoisotopic (exact) mass is 288 g/mol. The number of halogens is 1. The Kier molecular flexibility index (Phi) is 2.49. The third-order valence-corrected chi connectivity index (χ3v) is 3.64. The maximum Gasteiger partial charge on any atom is 0.126 e. The van der Waals surface area contributed by atoms with Crippen LogP contribution in [0.2, 0.25) is 0 Å². The Morgan fingerprint density at radius 2 is 2.23 bits per heavy atom. The lowest BCUT2D eigenvalue weighted by molar-refractivity contribution is 0.261. The first-order valence-corrected chi connectivity index (χ1v) is 6.06. The number of ether oxygens (including phenoxy) is 1. The van der Waals surface area contributed by atoms with Crippen molar-refractivity contribution in [3.63, 3.8) is 0 Å². The smallest absolute Gasteiger partial charge is 0.126 e. The van der Waals surface area contributed by atoms with Crippen LogP contribution in [-0.2, 0) is 6.42 Å². The maximum absolute atomic E-state index is 5.86. The topological polar surface area (TPSA) is 9.23 Å². The molecule has 0 aliphatic carbocycles. The zero-order valence-corrected chi connectivity index (χ0v) is 10.1. The van der Waals surface area contributed by atoms with Gasteiger partial charge < -0.3 is 4.74 Å². The number of hydrogen-bond donors (Lipinski definition) is 0.